The summed E-state index contributed by atoms with van der Waals surface area (Å²) in [4.78, 5) is 25.2. The number of nitrogens with zero attached hydrogens (tertiary/aromatic N) is 1. The maximum absolute atomic E-state index is 11.8. The summed E-state index contributed by atoms with van der Waals surface area (Å²) in [6.07, 6.45) is 1.16. The molecule has 1 aromatic heterocycles. The zero-order valence-corrected chi connectivity index (χ0v) is 12.6. The lowest BCUT2D eigenvalue weighted by atomic mass is 10.2. The van der Waals surface area contributed by atoms with Crippen LogP contribution in [0.2, 0.25) is 0 Å². The van der Waals surface area contributed by atoms with E-state index in [1.54, 1.807) is 11.0 Å². The van der Waals surface area contributed by atoms with E-state index in [9.17, 15) is 9.59 Å². The highest BCUT2D eigenvalue weighted by Gasteiger charge is 2.10. The monoisotopic (exact) mass is 282 g/mol. The molecule has 0 fully saturated rings. The Balaban J connectivity index is 2.17. The Bertz CT molecular complexity index is 402. The average Bonchev–Trinajstić information content (AvgIpc) is 2.86. The van der Waals surface area contributed by atoms with Gasteiger partial charge in [0.25, 0.3) is 5.91 Å². The van der Waals surface area contributed by atoms with Crippen LogP contribution in [-0.2, 0) is 4.79 Å². The molecule has 0 spiro atoms. The van der Waals surface area contributed by atoms with Gasteiger partial charge in [-0.25, -0.2) is 0 Å². The van der Waals surface area contributed by atoms with Crippen molar-refractivity contribution in [3.05, 3.63) is 22.4 Å². The molecule has 0 aliphatic heterocycles. The van der Waals surface area contributed by atoms with E-state index in [4.69, 9.17) is 0 Å². The first-order chi connectivity index (χ1) is 9.00. The zero-order chi connectivity index (χ0) is 14.3. The largest absolute Gasteiger partial charge is 0.352 e. The maximum atomic E-state index is 11.8. The topological polar surface area (TPSA) is 49.4 Å². The van der Waals surface area contributed by atoms with Crippen LogP contribution < -0.4 is 5.32 Å². The first-order valence-corrected chi connectivity index (χ1v) is 7.49. The Morgan fingerprint density at radius 2 is 2.16 bits per heavy atom. The normalized spacial score (nSPS) is 10.5. The van der Waals surface area contributed by atoms with E-state index < -0.39 is 0 Å². The van der Waals surface area contributed by atoms with Crippen LogP contribution in [0.25, 0.3) is 0 Å². The molecule has 4 nitrogen and oxygen atoms in total. The Morgan fingerprint density at radius 3 is 2.74 bits per heavy atom. The third-order valence-electron chi connectivity index (χ3n) is 2.70. The van der Waals surface area contributed by atoms with Crippen LogP contribution in [-0.4, -0.2) is 36.9 Å². The Kier molecular flexibility index (Phi) is 6.56. The lowest BCUT2D eigenvalue weighted by molar-refractivity contribution is -0.130. The van der Waals surface area contributed by atoms with Crippen LogP contribution in [0, 0.1) is 5.92 Å². The first-order valence-electron chi connectivity index (χ1n) is 6.55. The molecule has 0 bridgehead atoms. The number of hydrogen-bond acceptors (Lipinski definition) is 3. The molecule has 0 atom stereocenters. The summed E-state index contributed by atoms with van der Waals surface area (Å²) in [7, 11) is 1.83. The molecule has 19 heavy (non-hydrogen) atoms. The lowest BCUT2D eigenvalue weighted by Crippen LogP contribution is -2.31. The van der Waals surface area contributed by atoms with E-state index >= 15 is 0 Å². The maximum Gasteiger partial charge on any atom is 0.252 e. The molecule has 0 radical (unpaired) electrons. The first kappa shape index (κ1) is 15.7. The molecule has 0 saturated heterocycles. The van der Waals surface area contributed by atoms with Crippen LogP contribution in [0.3, 0.4) is 0 Å². The molecular formula is C14H22N2O2S. The highest BCUT2D eigenvalue weighted by molar-refractivity contribution is 7.08. The number of nitrogens with one attached hydrogen (secondary N) is 1. The third kappa shape index (κ3) is 5.87. The van der Waals surface area contributed by atoms with Gasteiger partial charge in [0.1, 0.15) is 0 Å². The van der Waals surface area contributed by atoms with E-state index in [1.807, 2.05) is 17.8 Å². The number of hydrogen-bond donors (Lipinski definition) is 1. The van der Waals surface area contributed by atoms with Crippen molar-refractivity contribution < 1.29 is 9.59 Å². The summed E-state index contributed by atoms with van der Waals surface area (Å²) in [5.41, 5.74) is 0.688. The van der Waals surface area contributed by atoms with Gasteiger partial charge in [-0.3, -0.25) is 9.59 Å². The summed E-state index contributed by atoms with van der Waals surface area (Å²) >= 11 is 1.50. The number of carbonyl (C=O) groups is 2. The minimum atomic E-state index is -0.0655. The third-order valence-corrected chi connectivity index (χ3v) is 3.38. The van der Waals surface area contributed by atoms with Gasteiger partial charge in [-0.05, 0) is 23.8 Å². The molecule has 5 heteroatoms. The highest BCUT2D eigenvalue weighted by Crippen LogP contribution is 2.05. The van der Waals surface area contributed by atoms with Crippen LogP contribution in [0.15, 0.2) is 16.8 Å². The van der Waals surface area contributed by atoms with Crippen LogP contribution >= 0.6 is 11.3 Å². The molecular weight excluding hydrogens is 260 g/mol. The van der Waals surface area contributed by atoms with Crippen LogP contribution in [0.4, 0.5) is 0 Å². The Morgan fingerprint density at radius 1 is 1.42 bits per heavy atom. The molecule has 0 aliphatic carbocycles. The Labute approximate surface area is 118 Å². The van der Waals surface area contributed by atoms with Crippen molar-refractivity contribution in [3.63, 3.8) is 0 Å². The minimum absolute atomic E-state index is 0.0655. The second-order valence-electron chi connectivity index (χ2n) is 5.04. The van der Waals surface area contributed by atoms with Crippen molar-refractivity contribution in [2.75, 3.05) is 20.1 Å². The Hall–Kier alpha value is -1.36. The van der Waals surface area contributed by atoms with Gasteiger partial charge < -0.3 is 10.2 Å². The molecule has 0 aromatic carbocycles. The van der Waals surface area contributed by atoms with Gasteiger partial charge in [0.15, 0.2) is 0 Å². The van der Waals surface area contributed by atoms with Gasteiger partial charge in [-0.2, -0.15) is 11.3 Å². The second kappa shape index (κ2) is 7.94. The van der Waals surface area contributed by atoms with Crippen molar-refractivity contribution in [2.24, 2.45) is 5.92 Å². The fraction of sp³-hybridized carbons (Fsp3) is 0.571. The van der Waals surface area contributed by atoms with Gasteiger partial charge in [0.05, 0.1) is 0 Å². The number of thiophene rings is 1. The zero-order valence-electron chi connectivity index (χ0n) is 11.8. The highest BCUT2D eigenvalue weighted by atomic mass is 32.1. The fourth-order valence-electron chi connectivity index (χ4n) is 1.78. The van der Waals surface area contributed by atoms with E-state index in [-0.39, 0.29) is 11.8 Å². The van der Waals surface area contributed by atoms with Crippen molar-refractivity contribution in [3.8, 4) is 0 Å². The molecule has 0 aliphatic rings. The SMILES string of the molecule is CC(C)CN(C)C(=O)CCCNC(=O)c1ccsc1. The van der Waals surface area contributed by atoms with E-state index in [0.717, 1.165) is 6.54 Å². The summed E-state index contributed by atoms with van der Waals surface area (Å²) in [5.74, 6) is 0.551. The average molecular weight is 282 g/mol. The van der Waals surface area contributed by atoms with Gasteiger partial charge in [-0.15, -0.1) is 0 Å². The van der Waals surface area contributed by atoms with Crippen molar-refractivity contribution in [1.82, 2.24) is 10.2 Å². The minimum Gasteiger partial charge on any atom is -0.352 e. The predicted octanol–water partition coefficient (Wildman–Crippen LogP) is 2.37. The van der Waals surface area contributed by atoms with Gasteiger partial charge in [0.2, 0.25) is 5.91 Å². The second-order valence-corrected chi connectivity index (χ2v) is 5.82. The van der Waals surface area contributed by atoms with E-state index in [1.165, 1.54) is 11.3 Å². The van der Waals surface area contributed by atoms with Crippen molar-refractivity contribution in [1.29, 1.82) is 0 Å². The molecule has 1 rings (SSSR count). The molecule has 1 aromatic rings. The standard InChI is InChI=1S/C14H22N2O2S/c1-11(2)9-16(3)13(17)5-4-7-15-14(18)12-6-8-19-10-12/h6,8,10-11H,4-5,7,9H2,1-3H3,(H,15,18). The molecule has 0 unspecified atom stereocenters. The lowest BCUT2D eigenvalue weighted by Gasteiger charge is -2.19. The van der Waals surface area contributed by atoms with Gasteiger partial charge >= 0.3 is 0 Å². The van der Waals surface area contributed by atoms with Crippen molar-refractivity contribution >= 4 is 23.2 Å². The van der Waals surface area contributed by atoms with Gasteiger partial charge in [0, 0.05) is 37.5 Å². The fourth-order valence-corrected chi connectivity index (χ4v) is 2.41. The number of carbonyl (C=O) groups excluding carboxylic acids is 2. The summed E-state index contributed by atoms with van der Waals surface area (Å²) < 4.78 is 0. The summed E-state index contributed by atoms with van der Waals surface area (Å²) in [6.45, 7) is 5.49. The van der Waals surface area contributed by atoms with Crippen LogP contribution in [0.5, 0.6) is 0 Å². The molecule has 1 N–H and O–H groups in total. The summed E-state index contributed by atoms with van der Waals surface area (Å²) in [6, 6.07) is 1.79. The molecule has 2 amide bonds. The molecule has 0 saturated carbocycles. The van der Waals surface area contributed by atoms with Gasteiger partial charge in [-0.1, -0.05) is 13.8 Å². The molecule has 106 valence electrons. The smallest absolute Gasteiger partial charge is 0.252 e. The van der Waals surface area contributed by atoms with Crippen molar-refractivity contribution in [2.45, 2.75) is 26.7 Å². The van der Waals surface area contributed by atoms with E-state index in [0.29, 0.717) is 30.9 Å². The van der Waals surface area contributed by atoms with Crippen LogP contribution in [0.1, 0.15) is 37.0 Å². The summed E-state index contributed by atoms with van der Waals surface area (Å²) in [5, 5.41) is 6.51. The molecule has 1 heterocycles. The van der Waals surface area contributed by atoms with E-state index in [2.05, 4.69) is 19.2 Å². The number of amides is 2. The number of rotatable bonds is 7. The quantitative estimate of drug-likeness (QED) is 0.781. The predicted molar refractivity (Wildman–Crippen MR) is 78.4 cm³/mol.